The fourth-order valence-corrected chi connectivity index (χ4v) is 1.85. The largest absolute Gasteiger partial charge is 0.481 e. The zero-order valence-electron chi connectivity index (χ0n) is 10.8. The van der Waals surface area contributed by atoms with Gasteiger partial charge in [-0.3, -0.25) is 9.59 Å². The van der Waals surface area contributed by atoms with Gasteiger partial charge in [0.05, 0.1) is 6.42 Å². The van der Waals surface area contributed by atoms with Crippen LogP contribution in [0.15, 0.2) is 0 Å². The summed E-state index contributed by atoms with van der Waals surface area (Å²) in [5.74, 6) is -0.521. The predicted octanol–water partition coefficient (Wildman–Crippen LogP) is 0.698. The Morgan fingerprint density at radius 2 is 1.94 bits per heavy atom. The first kappa shape index (κ1) is 14.0. The molecule has 1 amide bonds. The topological polar surface area (TPSA) is 69.6 Å². The number of carboxylic acids is 1. The van der Waals surface area contributed by atoms with Crippen LogP contribution in [-0.4, -0.2) is 47.1 Å². The van der Waals surface area contributed by atoms with E-state index in [1.807, 2.05) is 0 Å². The van der Waals surface area contributed by atoms with Crippen molar-refractivity contribution in [1.82, 2.24) is 10.2 Å². The Hall–Kier alpha value is -1.10. The first-order valence-corrected chi connectivity index (χ1v) is 6.02. The molecular formula is C12H22N2O3. The second-order valence-corrected chi connectivity index (χ2v) is 5.69. The van der Waals surface area contributed by atoms with Gasteiger partial charge in [-0.05, 0) is 20.8 Å². The Labute approximate surface area is 102 Å². The van der Waals surface area contributed by atoms with Crippen LogP contribution in [0.25, 0.3) is 0 Å². The molecule has 0 saturated carbocycles. The zero-order chi connectivity index (χ0) is 13.1. The minimum Gasteiger partial charge on any atom is -0.481 e. The number of nitrogens with zero attached hydrogens (tertiary/aromatic N) is 1. The Balaban J connectivity index is 2.13. The molecule has 0 bridgehead atoms. The minimum atomic E-state index is -0.781. The summed E-state index contributed by atoms with van der Waals surface area (Å²) in [4.78, 5) is 23.9. The van der Waals surface area contributed by atoms with Crippen LogP contribution in [0.1, 0.15) is 33.6 Å². The van der Waals surface area contributed by atoms with Crippen molar-refractivity contribution in [3.05, 3.63) is 0 Å². The second kappa shape index (κ2) is 5.49. The van der Waals surface area contributed by atoms with E-state index in [-0.39, 0.29) is 23.8 Å². The third-order valence-corrected chi connectivity index (χ3v) is 2.77. The maximum Gasteiger partial charge on any atom is 0.303 e. The molecule has 98 valence electrons. The van der Waals surface area contributed by atoms with E-state index in [1.165, 1.54) is 0 Å². The van der Waals surface area contributed by atoms with E-state index in [4.69, 9.17) is 5.11 Å². The van der Waals surface area contributed by atoms with Crippen molar-refractivity contribution in [2.75, 3.05) is 19.6 Å². The predicted molar refractivity (Wildman–Crippen MR) is 64.7 cm³/mol. The molecule has 1 saturated heterocycles. The van der Waals surface area contributed by atoms with Gasteiger partial charge in [-0.2, -0.15) is 0 Å². The summed E-state index contributed by atoms with van der Waals surface area (Å²) in [6, 6.07) is 0. The van der Waals surface area contributed by atoms with Gasteiger partial charge in [-0.1, -0.05) is 0 Å². The van der Waals surface area contributed by atoms with Crippen molar-refractivity contribution in [3.8, 4) is 0 Å². The molecule has 1 aliphatic rings. The van der Waals surface area contributed by atoms with Gasteiger partial charge < -0.3 is 15.3 Å². The lowest BCUT2D eigenvalue weighted by atomic mass is 9.96. The van der Waals surface area contributed by atoms with Crippen molar-refractivity contribution in [3.63, 3.8) is 0 Å². The number of hydrogen-bond acceptors (Lipinski definition) is 3. The maximum atomic E-state index is 11.7. The molecule has 0 spiro atoms. The number of likely N-dealkylation sites (tertiary alicyclic amines) is 1. The van der Waals surface area contributed by atoms with E-state index >= 15 is 0 Å². The Morgan fingerprint density at radius 3 is 2.41 bits per heavy atom. The maximum absolute atomic E-state index is 11.7. The molecule has 0 aromatic rings. The van der Waals surface area contributed by atoms with Gasteiger partial charge in [-0.15, -0.1) is 0 Å². The van der Waals surface area contributed by atoms with Gasteiger partial charge in [0.15, 0.2) is 0 Å². The molecule has 0 aromatic heterocycles. The molecule has 0 radical (unpaired) electrons. The fourth-order valence-electron chi connectivity index (χ4n) is 1.85. The smallest absolute Gasteiger partial charge is 0.303 e. The van der Waals surface area contributed by atoms with Crippen LogP contribution in [0.4, 0.5) is 0 Å². The average Bonchev–Trinajstić information content (AvgIpc) is 2.07. The third-order valence-electron chi connectivity index (χ3n) is 2.77. The van der Waals surface area contributed by atoms with Crippen molar-refractivity contribution in [2.45, 2.75) is 39.2 Å². The van der Waals surface area contributed by atoms with Gasteiger partial charge in [0.25, 0.3) is 0 Å². The molecule has 2 N–H and O–H groups in total. The summed E-state index contributed by atoms with van der Waals surface area (Å²) < 4.78 is 0. The molecule has 1 rings (SSSR count). The molecule has 5 heteroatoms. The number of amides is 1. The van der Waals surface area contributed by atoms with Crippen molar-refractivity contribution in [1.29, 1.82) is 0 Å². The summed E-state index contributed by atoms with van der Waals surface area (Å²) in [7, 11) is 0. The number of carbonyl (C=O) groups is 2. The molecule has 0 aliphatic carbocycles. The standard InChI is InChI=1S/C12H22N2O3/c1-12(2,3)13-5-4-10(15)14-7-9(8-14)6-11(16)17/h9,13H,4-8H2,1-3H3,(H,16,17). The first-order chi connectivity index (χ1) is 7.78. The van der Waals surface area contributed by atoms with E-state index in [0.717, 1.165) is 0 Å². The van der Waals surface area contributed by atoms with Crippen molar-refractivity contribution in [2.24, 2.45) is 5.92 Å². The van der Waals surface area contributed by atoms with Gasteiger partial charge >= 0.3 is 5.97 Å². The van der Waals surface area contributed by atoms with Gasteiger partial charge in [0.2, 0.25) is 5.91 Å². The summed E-state index contributed by atoms with van der Waals surface area (Å²) in [6.07, 6.45) is 0.654. The molecule has 5 nitrogen and oxygen atoms in total. The molecule has 0 aromatic carbocycles. The molecular weight excluding hydrogens is 220 g/mol. The second-order valence-electron chi connectivity index (χ2n) is 5.69. The van der Waals surface area contributed by atoms with Crippen LogP contribution in [-0.2, 0) is 9.59 Å². The lowest BCUT2D eigenvalue weighted by molar-refractivity contribution is -0.145. The van der Waals surface area contributed by atoms with Gasteiger partial charge in [-0.25, -0.2) is 0 Å². The lowest BCUT2D eigenvalue weighted by Gasteiger charge is -2.38. The monoisotopic (exact) mass is 242 g/mol. The molecule has 0 unspecified atom stereocenters. The molecule has 17 heavy (non-hydrogen) atoms. The van der Waals surface area contributed by atoms with E-state index in [2.05, 4.69) is 26.1 Å². The van der Waals surface area contributed by atoms with E-state index in [0.29, 0.717) is 26.1 Å². The number of rotatable bonds is 5. The van der Waals surface area contributed by atoms with Crippen LogP contribution in [0, 0.1) is 5.92 Å². The first-order valence-electron chi connectivity index (χ1n) is 6.02. The number of nitrogens with one attached hydrogen (secondary N) is 1. The number of aliphatic carboxylic acids is 1. The van der Waals surface area contributed by atoms with E-state index in [9.17, 15) is 9.59 Å². The molecule has 1 fully saturated rings. The lowest BCUT2D eigenvalue weighted by Crippen LogP contribution is -2.51. The zero-order valence-corrected chi connectivity index (χ0v) is 10.8. The molecule has 0 atom stereocenters. The van der Waals surface area contributed by atoms with Crippen molar-refractivity contribution < 1.29 is 14.7 Å². The quantitative estimate of drug-likeness (QED) is 0.744. The Morgan fingerprint density at radius 1 is 1.35 bits per heavy atom. The minimum absolute atomic E-state index is 0.0288. The van der Waals surface area contributed by atoms with Crippen LogP contribution in [0.2, 0.25) is 0 Å². The highest BCUT2D eigenvalue weighted by Crippen LogP contribution is 2.19. The van der Waals surface area contributed by atoms with Crippen molar-refractivity contribution >= 4 is 11.9 Å². The van der Waals surface area contributed by atoms with E-state index in [1.54, 1.807) is 4.90 Å². The average molecular weight is 242 g/mol. The highest BCUT2D eigenvalue weighted by molar-refractivity contribution is 5.77. The summed E-state index contributed by atoms with van der Waals surface area (Å²) in [5.41, 5.74) is 0.0288. The number of carbonyl (C=O) groups excluding carboxylic acids is 1. The van der Waals surface area contributed by atoms with Crippen LogP contribution in [0.5, 0.6) is 0 Å². The molecule has 1 aliphatic heterocycles. The highest BCUT2D eigenvalue weighted by atomic mass is 16.4. The van der Waals surface area contributed by atoms with Crippen LogP contribution in [0.3, 0.4) is 0 Å². The summed E-state index contributed by atoms with van der Waals surface area (Å²) >= 11 is 0. The number of carboxylic acid groups (broad SMARTS) is 1. The van der Waals surface area contributed by atoms with Gasteiger partial charge in [0.1, 0.15) is 0 Å². The van der Waals surface area contributed by atoms with Gasteiger partial charge in [0, 0.05) is 37.5 Å². The fraction of sp³-hybridized carbons (Fsp3) is 0.833. The highest BCUT2D eigenvalue weighted by Gasteiger charge is 2.31. The summed E-state index contributed by atoms with van der Waals surface area (Å²) in [6.45, 7) is 8.04. The number of hydrogen-bond donors (Lipinski definition) is 2. The van der Waals surface area contributed by atoms with Crippen LogP contribution < -0.4 is 5.32 Å². The normalized spacial score (nSPS) is 16.8. The van der Waals surface area contributed by atoms with Crippen LogP contribution >= 0.6 is 0 Å². The Kier molecular flexibility index (Phi) is 4.51. The Bertz CT molecular complexity index is 291. The SMILES string of the molecule is CC(C)(C)NCCC(=O)N1CC(CC(=O)O)C1. The summed E-state index contributed by atoms with van der Waals surface area (Å²) in [5, 5.41) is 11.8. The van der Waals surface area contributed by atoms with E-state index < -0.39 is 5.97 Å². The third kappa shape index (κ3) is 5.17. The molecule has 1 heterocycles.